The van der Waals surface area contributed by atoms with Crippen molar-refractivity contribution in [3.63, 3.8) is 0 Å². The molecule has 0 fully saturated rings. The van der Waals surface area contributed by atoms with Crippen LogP contribution in [0.5, 0.6) is 0 Å². The molecule has 1 aromatic rings. The summed E-state index contributed by atoms with van der Waals surface area (Å²) in [6.45, 7) is 3.51. The van der Waals surface area contributed by atoms with E-state index >= 15 is 0 Å². The van der Waals surface area contributed by atoms with Crippen molar-refractivity contribution < 1.29 is 23.4 Å². The summed E-state index contributed by atoms with van der Waals surface area (Å²) in [5.41, 5.74) is -0.137. The number of carboxylic acid groups (broad SMARTS) is 1. The summed E-state index contributed by atoms with van der Waals surface area (Å²) in [5, 5.41) is 18.3. The second-order valence-corrected chi connectivity index (χ2v) is 7.65. The number of carbonyl (C=O) groups is 1. The van der Waals surface area contributed by atoms with Crippen molar-refractivity contribution in [1.82, 2.24) is 4.72 Å². The predicted octanol–water partition coefficient (Wildman–Crippen LogP) is 1.83. The zero-order chi connectivity index (χ0) is 16.2. The molecule has 0 bridgehead atoms. The van der Waals surface area contributed by atoms with Crippen LogP contribution in [0, 0.1) is 5.92 Å². The van der Waals surface area contributed by atoms with Gasteiger partial charge in [-0.2, -0.15) is 0 Å². The van der Waals surface area contributed by atoms with Crippen LogP contribution in [-0.4, -0.2) is 37.2 Å². The molecule has 0 amide bonds. The molecule has 1 aromatic carbocycles. The van der Waals surface area contributed by atoms with E-state index in [0.29, 0.717) is 10.9 Å². The van der Waals surface area contributed by atoms with Crippen molar-refractivity contribution in [2.75, 3.05) is 6.61 Å². The third kappa shape index (κ3) is 5.06. The number of rotatable bonds is 7. The Kier molecular flexibility index (Phi) is 6.33. The van der Waals surface area contributed by atoms with Crippen molar-refractivity contribution >= 4 is 31.9 Å². The normalized spacial score (nSPS) is 13.4. The Hall–Kier alpha value is -0.960. The number of halogens is 1. The Morgan fingerprint density at radius 1 is 1.38 bits per heavy atom. The van der Waals surface area contributed by atoms with Gasteiger partial charge in [0, 0.05) is 10.5 Å². The van der Waals surface area contributed by atoms with Gasteiger partial charge in [-0.25, -0.2) is 17.9 Å². The van der Waals surface area contributed by atoms with Crippen LogP contribution in [0.2, 0.25) is 0 Å². The molecule has 0 spiro atoms. The number of aliphatic hydroxyl groups excluding tert-OH is 1. The number of sulfonamides is 1. The molecule has 3 N–H and O–H groups in total. The SMILES string of the molecule is CC(C)CC(CO)NS(=O)(=O)c1ccc(Br)c(C(=O)O)c1. The fourth-order valence-electron chi connectivity index (χ4n) is 1.85. The molecule has 0 aliphatic heterocycles. The first-order chi connectivity index (χ1) is 9.67. The standard InChI is InChI=1S/C13H18BrNO5S/c1-8(2)5-9(7-16)15-21(19,20)10-3-4-12(14)11(6-10)13(17)18/h3-4,6,8-9,15-16H,5,7H2,1-2H3,(H,17,18). The summed E-state index contributed by atoms with van der Waals surface area (Å²) < 4.78 is 27.2. The minimum atomic E-state index is -3.88. The third-order valence-electron chi connectivity index (χ3n) is 2.78. The highest BCUT2D eigenvalue weighted by atomic mass is 79.9. The van der Waals surface area contributed by atoms with Crippen molar-refractivity contribution in [1.29, 1.82) is 0 Å². The van der Waals surface area contributed by atoms with Crippen molar-refractivity contribution in [3.8, 4) is 0 Å². The van der Waals surface area contributed by atoms with Crippen LogP contribution < -0.4 is 4.72 Å². The maximum absolute atomic E-state index is 12.2. The average molecular weight is 380 g/mol. The lowest BCUT2D eigenvalue weighted by Gasteiger charge is -2.18. The van der Waals surface area contributed by atoms with Crippen LogP contribution in [0.15, 0.2) is 27.6 Å². The average Bonchev–Trinajstić information content (AvgIpc) is 2.36. The molecule has 0 saturated heterocycles. The molecule has 0 aliphatic carbocycles. The molecule has 118 valence electrons. The molecule has 0 aliphatic rings. The van der Waals surface area contributed by atoms with Gasteiger partial charge in [-0.05, 0) is 46.5 Å². The molecular formula is C13H18BrNO5S. The molecule has 8 heteroatoms. The van der Waals surface area contributed by atoms with Gasteiger partial charge in [0.1, 0.15) is 0 Å². The van der Waals surface area contributed by atoms with E-state index in [0.717, 1.165) is 6.07 Å². The number of hydrogen-bond donors (Lipinski definition) is 3. The van der Waals surface area contributed by atoms with E-state index in [-0.39, 0.29) is 23.0 Å². The summed E-state index contributed by atoms with van der Waals surface area (Å²) >= 11 is 3.06. The monoisotopic (exact) mass is 379 g/mol. The number of aromatic carboxylic acids is 1. The minimum absolute atomic E-state index is 0.137. The molecule has 1 unspecified atom stereocenters. The van der Waals surface area contributed by atoms with Gasteiger partial charge in [0.05, 0.1) is 17.1 Å². The zero-order valence-electron chi connectivity index (χ0n) is 11.7. The van der Waals surface area contributed by atoms with Crippen LogP contribution >= 0.6 is 15.9 Å². The van der Waals surface area contributed by atoms with Gasteiger partial charge in [-0.3, -0.25) is 0 Å². The smallest absolute Gasteiger partial charge is 0.336 e. The minimum Gasteiger partial charge on any atom is -0.478 e. The largest absolute Gasteiger partial charge is 0.478 e. The lowest BCUT2D eigenvalue weighted by atomic mass is 10.1. The van der Waals surface area contributed by atoms with Crippen LogP contribution in [0.25, 0.3) is 0 Å². The summed E-state index contributed by atoms with van der Waals surface area (Å²) in [5.74, 6) is -1.01. The quantitative estimate of drug-likeness (QED) is 0.670. The molecule has 21 heavy (non-hydrogen) atoms. The molecular weight excluding hydrogens is 362 g/mol. The number of aliphatic hydroxyl groups is 1. The Morgan fingerprint density at radius 2 is 2.00 bits per heavy atom. The van der Waals surface area contributed by atoms with E-state index in [1.807, 2.05) is 13.8 Å². The van der Waals surface area contributed by atoms with Crippen LogP contribution in [0.3, 0.4) is 0 Å². The van der Waals surface area contributed by atoms with E-state index in [2.05, 4.69) is 20.7 Å². The zero-order valence-corrected chi connectivity index (χ0v) is 14.1. The summed E-state index contributed by atoms with van der Waals surface area (Å²) in [6.07, 6.45) is 0.484. The van der Waals surface area contributed by atoms with Crippen LogP contribution in [-0.2, 0) is 10.0 Å². The van der Waals surface area contributed by atoms with E-state index in [4.69, 9.17) is 5.11 Å². The van der Waals surface area contributed by atoms with E-state index < -0.39 is 22.0 Å². The highest BCUT2D eigenvalue weighted by Gasteiger charge is 2.22. The maximum Gasteiger partial charge on any atom is 0.336 e. The molecule has 0 radical (unpaired) electrons. The van der Waals surface area contributed by atoms with Crippen molar-refractivity contribution in [2.45, 2.75) is 31.2 Å². The second kappa shape index (κ2) is 7.35. The van der Waals surface area contributed by atoms with Gasteiger partial charge < -0.3 is 10.2 Å². The second-order valence-electron chi connectivity index (χ2n) is 5.08. The Morgan fingerprint density at radius 3 is 2.48 bits per heavy atom. The first-order valence-corrected chi connectivity index (χ1v) is 8.61. The van der Waals surface area contributed by atoms with Gasteiger partial charge in [0.2, 0.25) is 10.0 Å². The first kappa shape index (κ1) is 18.1. The van der Waals surface area contributed by atoms with Gasteiger partial charge >= 0.3 is 5.97 Å². The Balaban J connectivity index is 3.07. The van der Waals surface area contributed by atoms with Crippen molar-refractivity contribution in [3.05, 3.63) is 28.2 Å². The summed E-state index contributed by atoms with van der Waals surface area (Å²) in [7, 11) is -3.88. The van der Waals surface area contributed by atoms with Gasteiger partial charge in [-0.15, -0.1) is 0 Å². The summed E-state index contributed by atoms with van der Waals surface area (Å²) in [4.78, 5) is 10.9. The van der Waals surface area contributed by atoms with E-state index in [1.165, 1.54) is 12.1 Å². The molecule has 0 saturated carbocycles. The fourth-order valence-corrected chi connectivity index (χ4v) is 3.53. The van der Waals surface area contributed by atoms with E-state index in [9.17, 15) is 18.3 Å². The molecule has 1 rings (SSSR count). The molecule has 6 nitrogen and oxygen atoms in total. The number of nitrogens with one attached hydrogen (secondary N) is 1. The Labute approximate surface area is 132 Å². The van der Waals surface area contributed by atoms with Gasteiger partial charge in [0.15, 0.2) is 0 Å². The lowest BCUT2D eigenvalue weighted by Crippen LogP contribution is -2.38. The third-order valence-corrected chi connectivity index (χ3v) is 4.99. The Bertz CT molecular complexity index is 615. The highest BCUT2D eigenvalue weighted by molar-refractivity contribution is 9.10. The predicted molar refractivity (Wildman–Crippen MR) is 81.8 cm³/mol. The number of hydrogen-bond acceptors (Lipinski definition) is 4. The topological polar surface area (TPSA) is 104 Å². The molecule has 1 atom stereocenters. The van der Waals surface area contributed by atoms with Gasteiger partial charge in [-0.1, -0.05) is 13.8 Å². The van der Waals surface area contributed by atoms with E-state index in [1.54, 1.807) is 0 Å². The highest BCUT2D eigenvalue weighted by Crippen LogP contribution is 2.21. The molecule has 0 heterocycles. The van der Waals surface area contributed by atoms with Gasteiger partial charge in [0.25, 0.3) is 0 Å². The number of carboxylic acids is 1. The number of benzene rings is 1. The van der Waals surface area contributed by atoms with Crippen LogP contribution in [0.1, 0.15) is 30.6 Å². The lowest BCUT2D eigenvalue weighted by molar-refractivity contribution is 0.0695. The first-order valence-electron chi connectivity index (χ1n) is 6.33. The maximum atomic E-state index is 12.2. The fraction of sp³-hybridized carbons (Fsp3) is 0.462. The van der Waals surface area contributed by atoms with Crippen molar-refractivity contribution in [2.24, 2.45) is 5.92 Å². The van der Waals surface area contributed by atoms with Crippen LogP contribution in [0.4, 0.5) is 0 Å². The molecule has 0 aromatic heterocycles. The summed E-state index contributed by atoms with van der Waals surface area (Å²) in [6, 6.07) is 3.15.